The van der Waals surface area contributed by atoms with E-state index in [1.54, 1.807) is 24.4 Å². The van der Waals surface area contributed by atoms with Gasteiger partial charge in [-0.3, -0.25) is 4.79 Å². The first-order chi connectivity index (χ1) is 15.9. The lowest BCUT2D eigenvalue weighted by molar-refractivity contribution is 0.306. The number of fused-ring (bicyclic) bond motifs is 1. The van der Waals surface area contributed by atoms with Crippen molar-refractivity contribution in [3.8, 4) is 5.75 Å². The van der Waals surface area contributed by atoms with Gasteiger partial charge in [0.15, 0.2) is 0 Å². The van der Waals surface area contributed by atoms with Crippen molar-refractivity contribution in [3.63, 3.8) is 0 Å². The molecule has 1 aromatic heterocycles. The van der Waals surface area contributed by atoms with Crippen LogP contribution in [0.15, 0.2) is 79.5 Å². The van der Waals surface area contributed by atoms with Crippen molar-refractivity contribution < 1.29 is 4.74 Å². The summed E-state index contributed by atoms with van der Waals surface area (Å²) in [6.45, 7) is 2.45. The number of halogens is 3. The maximum Gasteiger partial charge on any atom is 0.282 e. The van der Waals surface area contributed by atoms with E-state index in [-0.39, 0.29) is 5.56 Å². The Morgan fingerprint density at radius 2 is 1.82 bits per heavy atom. The number of nitrogens with zero attached hydrogens (tertiary/aromatic N) is 3. The standard InChI is InChI=1S/C25H20Br2ClN3O2/c1-2-3-24-30-22-10-9-19(27)13-20(22)25(32)31(24)29-14-17-6-11-23(21(28)12-17)33-15-16-4-7-18(26)8-5-16/h4-14H,2-3,15H2,1H3. The molecule has 0 N–H and O–H groups in total. The molecule has 0 aliphatic carbocycles. The van der Waals surface area contributed by atoms with Gasteiger partial charge in [-0.2, -0.15) is 9.78 Å². The summed E-state index contributed by atoms with van der Waals surface area (Å²) in [5, 5.41) is 5.42. The largest absolute Gasteiger partial charge is 0.487 e. The first-order valence-corrected chi connectivity index (χ1v) is 12.3. The van der Waals surface area contributed by atoms with E-state index in [2.05, 4.69) is 41.9 Å². The highest BCUT2D eigenvalue weighted by Gasteiger charge is 2.11. The molecule has 33 heavy (non-hydrogen) atoms. The zero-order valence-corrected chi connectivity index (χ0v) is 21.7. The number of hydrogen-bond donors (Lipinski definition) is 0. The van der Waals surface area contributed by atoms with Gasteiger partial charge in [0.05, 0.1) is 22.1 Å². The van der Waals surface area contributed by atoms with E-state index in [1.165, 1.54) is 4.68 Å². The van der Waals surface area contributed by atoms with Crippen LogP contribution in [0.2, 0.25) is 5.02 Å². The van der Waals surface area contributed by atoms with Gasteiger partial charge in [-0.05, 0) is 66.1 Å². The van der Waals surface area contributed by atoms with Crippen LogP contribution in [0.3, 0.4) is 0 Å². The van der Waals surface area contributed by atoms with E-state index in [0.717, 1.165) is 26.5 Å². The second kappa shape index (κ2) is 10.6. The molecule has 4 aromatic rings. The Morgan fingerprint density at radius 3 is 2.55 bits per heavy atom. The van der Waals surface area contributed by atoms with E-state index in [1.807, 2.05) is 49.4 Å². The van der Waals surface area contributed by atoms with Crippen molar-refractivity contribution in [2.24, 2.45) is 5.10 Å². The second-order valence-electron chi connectivity index (χ2n) is 7.41. The number of rotatable bonds is 7. The van der Waals surface area contributed by atoms with Crippen molar-refractivity contribution in [1.82, 2.24) is 9.66 Å². The average molecular weight is 590 g/mol. The Bertz CT molecular complexity index is 1390. The highest BCUT2D eigenvalue weighted by Crippen LogP contribution is 2.26. The normalized spacial score (nSPS) is 11.4. The zero-order valence-electron chi connectivity index (χ0n) is 17.8. The third-order valence-corrected chi connectivity index (χ3v) is 6.25. The van der Waals surface area contributed by atoms with E-state index in [4.69, 9.17) is 16.3 Å². The number of ether oxygens (including phenoxy) is 1. The third-order valence-electron chi connectivity index (χ3n) is 4.93. The topological polar surface area (TPSA) is 56.5 Å². The van der Waals surface area contributed by atoms with Crippen LogP contribution in [0, 0.1) is 0 Å². The molecule has 5 nitrogen and oxygen atoms in total. The fraction of sp³-hybridized carbons (Fsp3) is 0.160. The van der Waals surface area contributed by atoms with Crippen molar-refractivity contribution in [1.29, 1.82) is 0 Å². The van der Waals surface area contributed by atoms with E-state index in [9.17, 15) is 4.79 Å². The molecular weight excluding hydrogens is 570 g/mol. The molecule has 4 rings (SSSR count). The molecule has 0 saturated heterocycles. The van der Waals surface area contributed by atoms with Gasteiger partial charge in [-0.25, -0.2) is 4.98 Å². The summed E-state index contributed by atoms with van der Waals surface area (Å²) in [5.74, 6) is 1.20. The fourth-order valence-corrected chi connectivity index (χ4v) is 4.15. The van der Waals surface area contributed by atoms with Crippen LogP contribution < -0.4 is 10.3 Å². The number of hydrogen-bond acceptors (Lipinski definition) is 4. The lowest BCUT2D eigenvalue weighted by atomic mass is 10.2. The summed E-state index contributed by atoms with van der Waals surface area (Å²) in [6, 6.07) is 18.8. The predicted octanol–water partition coefficient (Wildman–Crippen LogP) is 6.99. The van der Waals surface area contributed by atoms with Gasteiger partial charge in [0.2, 0.25) is 0 Å². The average Bonchev–Trinajstić information content (AvgIpc) is 2.80. The summed E-state index contributed by atoms with van der Waals surface area (Å²) in [5.41, 5.74) is 2.24. The van der Waals surface area contributed by atoms with Crippen molar-refractivity contribution in [3.05, 3.63) is 102 Å². The predicted molar refractivity (Wildman–Crippen MR) is 141 cm³/mol. The summed E-state index contributed by atoms with van der Waals surface area (Å²) in [7, 11) is 0. The molecule has 168 valence electrons. The molecular formula is C25H20Br2ClN3O2. The van der Waals surface area contributed by atoms with Gasteiger partial charge in [-0.15, -0.1) is 0 Å². The Labute approximate surface area is 213 Å². The minimum atomic E-state index is -0.207. The van der Waals surface area contributed by atoms with Crippen LogP contribution in [0.25, 0.3) is 10.9 Å². The molecule has 3 aromatic carbocycles. The smallest absolute Gasteiger partial charge is 0.282 e. The van der Waals surface area contributed by atoms with Crippen LogP contribution in [0.5, 0.6) is 5.75 Å². The Kier molecular flexibility index (Phi) is 7.63. The first kappa shape index (κ1) is 23.7. The molecule has 0 radical (unpaired) electrons. The molecule has 8 heteroatoms. The van der Waals surface area contributed by atoms with Crippen LogP contribution in [0.1, 0.15) is 30.3 Å². The van der Waals surface area contributed by atoms with Crippen molar-refractivity contribution >= 4 is 60.6 Å². The van der Waals surface area contributed by atoms with Gasteiger partial charge in [0, 0.05) is 15.4 Å². The number of aryl methyl sites for hydroxylation is 1. The van der Waals surface area contributed by atoms with Crippen LogP contribution in [-0.2, 0) is 13.0 Å². The molecule has 0 saturated carbocycles. The Balaban J connectivity index is 1.59. The second-order valence-corrected chi connectivity index (χ2v) is 9.64. The number of aromatic nitrogens is 2. The van der Waals surface area contributed by atoms with Crippen molar-refractivity contribution in [2.45, 2.75) is 26.4 Å². The van der Waals surface area contributed by atoms with Gasteiger partial charge in [-0.1, -0.05) is 62.5 Å². The quantitative estimate of drug-likeness (QED) is 0.219. The first-order valence-electron chi connectivity index (χ1n) is 10.4. The lowest BCUT2D eigenvalue weighted by Crippen LogP contribution is -2.22. The highest BCUT2D eigenvalue weighted by molar-refractivity contribution is 9.10. The third kappa shape index (κ3) is 5.72. The van der Waals surface area contributed by atoms with E-state index in [0.29, 0.717) is 40.5 Å². The van der Waals surface area contributed by atoms with Crippen molar-refractivity contribution in [2.75, 3.05) is 0 Å². The van der Waals surface area contributed by atoms with Crippen LogP contribution in [0.4, 0.5) is 0 Å². The van der Waals surface area contributed by atoms with Crippen LogP contribution in [-0.4, -0.2) is 15.9 Å². The Morgan fingerprint density at radius 1 is 1.06 bits per heavy atom. The number of benzene rings is 3. The highest BCUT2D eigenvalue weighted by atomic mass is 79.9. The summed E-state index contributed by atoms with van der Waals surface area (Å²) < 4.78 is 9.05. The monoisotopic (exact) mass is 587 g/mol. The molecule has 0 fully saturated rings. The molecule has 0 unspecified atom stereocenters. The maximum absolute atomic E-state index is 13.1. The van der Waals surface area contributed by atoms with Crippen LogP contribution >= 0.6 is 43.5 Å². The molecule has 0 spiro atoms. The summed E-state index contributed by atoms with van der Waals surface area (Å²) >= 11 is 13.3. The maximum atomic E-state index is 13.1. The molecule has 0 amide bonds. The minimum Gasteiger partial charge on any atom is -0.487 e. The molecule has 0 aliphatic heterocycles. The van der Waals surface area contributed by atoms with E-state index >= 15 is 0 Å². The van der Waals surface area contributed by atoms with Gasteiger partial charge in [0.1, 0.15) is 18.2 Å². The fourth-order valence-electron chi connectivity index (χ4n) is 3.28. The molecule has 1 heterocycles. The van der Waals surface area contributed by atoms with Gasteiger partial charge < -0.3 is 4.74 Å². The van der Waals surface area contributed by atoms with Gasteiger partial charge in [0.25, 0.3) is 5.56 Å². The zero-order chi connectivity index (χ0) is 23.4. The van der Waals surface area contributed by atoms with E-state index < -0.39 is 0 Å². The lowest BCUT2D eigenvalue weighted by Gasteiger charge is -2.10. The SMILES string of the molecule is CCCc1nc2ccc(Br)cc2c(=O)n1N=Cc1ccc(OCc2ccc(Br)cc2)c(Cl)c1. The molecule has 0 aliphatic rings. The van der Waals surface area contributed by atoms with Gasteiger partial charge >= 0.3 is 0 Å². The molecule has 0 bridgehead atoms. The minimum absolute atomic E-state index is 0.207. The Hall–Kier alpha value is -2.48. The summed E-state index contributed by atoms with van der Waals surface area (Å²) in [6.07, 6.45) is 3.10. The molecule has 0 atom stereocenters. The summed E-state index contributed by atoms with van der Waals surface area (Å²) in [4.78, 5) is 17.7.